The molecule has 188 valence electrons. The maximum absolute atomic E-state index is 13.3. The smallest absolute Gasteiger partial charge is 0.332 e. The van der Waals surface area contributed by atoms with Crippen LogP contribution >= 0.6 is 23.2 Å². The highest BCUT2D eigenvalue weighted by Crippen LogP contribution is 2.38. The van der Waals surface area contributed by atoms with E-state index in [0.717, 1.165) is 17.7 Å². The molecule has 1 aliphatic heterocycles. The molecule has 3 aromatic heterocycles. The summed E-state index contributed by atoms with van der Waals surface area (Å²) in [6, 6.07) is 5.08. The van der Waals surface area contributed by atoms with E-state index in [9.17, 15) is 9.59 Å². The van der Waals surface area contributed by atoms with E-state index in [1.54, 1.807) is 29.8 Å². The average Bonchev–Trinajstić information content (AvgIpc) is 3.60. The van der Waals surface area contributed by atoms with Crippen LogP contribution in [-0.4, -0.2) is 42.0 Å². The molecule has 2 fully saturated rings. The Morgan fingerprint density at radius 3 is 2.42 bits per heavy atom. The summed E-state index contributed by atoms with van der Waals surface area (Å²) in [5, 5.41) is 9.21. The van der Waals surface area contributed by atoms with Crippen molar-refractivity contribution in [3.05, 3.63) is 55.0 Å². The van der Waals surface area contributed by atoms with Gasteiger partial charge in [0, 0.05) is 32.7 Å². The number of aryl methyl sites for hydroxylation is 1. The van der Waals surface area contributed by atoms with Gasteiger partial charge in [-0.3, -0.25) is 18.5 Å². The van der Waals surface area contributed by atoms with Crippen molar-refractivity contribution in [3.63, 3.8) is 0 Å². The SMILES string of the molecule is Cn1c(=O)c2c(nc(N3CC4CCCCC4C3)n2Cc2nnc(-c3ccc(Cl)c(Cl)c3)o2)n(C)c1=O. The summed E-state index contributed by atoms with van der Waals surface area (Å²) < 4.78 is 10.3. The van der Waals surface area contributed by atoms with Gasteiger partial charge in [0.15, 0.2) is 11.2 Å². The van der Waals surface area contributed by atoms with Gasteiger partial charge in [0.25, 0.3) is 5.56 Å². The van der Waals surface area contributed by atoms with Crippen LogP contribution in [0.15, 0.2) is 32.2 Å². The van der Waals surface area contributed by atoms with E-state index in [1.807, 2.05) is 0 Å². The van der Waals surface area contributed by atoms with Crippen LogP contribution in [-0.2, 0) is 20.6 Å². The molecule has 1 aromatic carbocycles. The van der Waals surface area contributed by atoms with E-state index in [-0.39, 0.29) is 6.54 Å². The first-order valence-corrected chi connectivity index (χ1v) is 12.8. The number of halogens is 2. The number of anilines is 1. The van der Waals surface area contributed by atoms with Gasteiger partial charge < -0.3 is 9.32 Å². The van der Waals surface area contributed by atoms with Gasteiger partial charge in [-0.25, -0.2) is 4.79 Å². The third-order valence-corrected chi connectivity index (χ3v) is 8.25. The molecule has 2 atom stereocenters. The van der Waals surface area contributed by atoms with Crippen molar-refractivity contribution in [2.24, 2.45) is 25.9 Å². The molecule has 6 rings (SSSR count). The number of benzene rings is 1. The fourth-order valence-electron chi connectivity index (χ4n) is 5.59. The molecule has 1 saturated heterocycles. The third kappa shape index (κ3) is 3.74. The highest BCUT2D eigenvalue weighted by atomic mass is 35.5. The van der Waals surface area contributed by atoms with Gasteiger partial charge in [0.05, 0.1) is 10.0 Å². The van der Waals surface area contributed by atoms with Crippen LogP contribution in [0.2, 0.25) is 10.0 Å². The first-order valence-electron chi connectivity index (χ1n) is 12.0. The van der Waals surface area contributed by atoms with Crippen molar-refractivity contribution in [3.8, 4) is 11.5 Å². The van der Waals surface area contributed by atoms with E-state index in [1.165, 1.54) is 37.3 Å². The topological polar surface area (TPSA) is 104 Å². The lowest BCUT2D eigenvalue weighted by atomic mass is 9.82. The van der Waals surface area contributed by atoms with Crippen molar-refractivity contribution in [1.29, 1.82) is 0 Å². The number of rotatable bonds is 4. The molecule has 2 unspecified atom stereocenters. The van der Waals surface area contributed by atoms with Crippen molar-refractivity contribution in [2.75, 3.05) is 18.0 Å². The minimum Gasteiger partial charge on any atom is -0.419 e. The lowest BCUT2D eigenvalue weighted by Gasteiger charge is -2.22. The zero-order valence-electron chi connectivity index (χ0n) is 19.9. The van der Waals surface area contributed by atoms with Crippen LogP contribution in [0.4, 0.5) is 5.95 Å². The van der Waals surface area contributed by atoms with Crippen LogP contribution in [0, 0.1) is 11.8 Å². The van der Waals surface area contributed by atoms with Gasteiger partial charge in [-0.1, -0.05) is 36.0 Å². The van der Waals surface area contributed by atoms with Gasteiger partial charge in [0.1, 0.15) is 6.54 Å². The molecule has 4 heterocycles. The largest absolute Gasteiger partial charge is 0.419 e. The summed E-state index contributed by atoms with van der Waals surface area (Å²) in [6.45, 7) is 1.89. The molecule has 0 amide bonds. The van der Waals surface area contributed by atoms with Gasteiger partial charge in [-0.05, 0) is 42.9 Å². The van der Waals surface area contributed by atoms with Crippen molar-refractivity contribution >= 4 is 40.3 Å². The van der Waals surface area contributed by atoms with E-state index in [0.29, 0.717) is 56.3 Å². The molecule has 2 aliphatic rings. The molecule has 0 bridgehead atoms. The Morgan fingerprint density at radius 1 is 1.00 bits per heavy atom. The Bertz CT molecular complexity index is 1590. The zero-order valence-corrected chi connectivity index (χ0v) is 21.5. The molecule has 1 saturated carbocycles. The molecule has 36 heavy (non-hydrogen) atoms. The van der Waals surface area contributed by atoms with Gasteiger partial charge in [0.2, 0.25) is 17.7 Å². The van der Waals surface area contributed by atoms with Crippen LogP contribution in [0.25, 0.3) is 22.6 Å². The molecule has 0 spiro atoms. The van der Waals surface area contributed by atoms with Gasteiger partial charge >= 0.3 is 5.69 Å². The van der Waals surface area contributed by atoms with Crippen LogP contribution in [0.3, 0.4) is 0 Å². The first-order chi connectivity index (χ1) is 17.3. The summed E-state index contributed by atoms with van der Waals surface area (Å²) in [5.41, 5.74) is 0.489. The maximum atomic E-state index is 13.3. The Hall–Kier alpha value is -3.11. The normalized spacial score (nSPS) is 19.8. The lowest BCUT2D eigenvalue weighted by molar-refractivity contribution is 0.299. The summed E-state index contributed by atoms with van der Waals surface area (Å²) >= 11 is 12.2. The number of hydrogen-bond donors (Lipinski definition) is 0. The first kappa shape index (κ1) is 23.3. The van der Waals surface area contributed by atoms with E-state index >= 15 is 0 Å². The molecule has 0 N–H and O–H groups in total. The molecule has 4 aromatic rings. The summed E-state index contributed by atoms with van der Waals surface area (Å²) in [7, 11) is 3.10. The zero-order chi connectivity index (χ0) is 25.1. The molecule has 0 radical (unpaired) electrons. The fraction of sp³-hybridized carbons (Fsp3) is 0.458. The Balaban J connectivity index is 1.45. The summed E-state index contributed by atoms with van der Waals surface area (Å²) in [6.07, 6.45) is 4.91. The molecule has 10 nitrogen and oxygen atoms in total. The number of fused-ring (bicyclic) bond motifs is 2. The minimum atomic E-state index is -0.418. The lowest BCUT2D eigenvalue weighted by Crippen LogP contribution is -2.37. The second-order valence-electron chi connectivity index (χ2n) is 9.72. The minimum absolute atomic E-state index is 0.138. The molecule has 12 heteroatoms. The quantitative estimate of drug-likeness (QED) is 0.398. The van der Waals surface area contributed by atoms with E-state index in [4.69, 9.17) is 32.6 Å². The predicted octanol–water partition coefficient (Wildman–Crippen LogP) is 3.47. The van der Waals surface area contributed by atoms with Gasteiger partial charge in [-0.2, -0.15) is 4.98 Å². The van der Waals surface area contributed by atoms with Gasteiger partial charge in [-0.15, -0.1) is 10.2 Å². The molecule has 1 aliphatic carbocycles. The fourth-order valence-corrected chi connectivity index (χ4v) is 5.89. The van der Waals surface area contributed by atoms with E-state index in [2.05, 4.69) is 15.1 Å². The Kier molecular flexibility index (Phi) is 5.68. The Morgan fingerprint density at radius 2 is 1.72 bits per heavy atom. The summed E-state index contributed by atoms with van der Waals surface area (Å²) in [5.74, 6) is 2.48. The standard InChI is InChI=1S/C24H25Cl2N7O3/c1-30-20-19(22(34)31(2)24(30)35)33(23(27-20)32-10-14-5-3-4-6-15(14)11-32)12-18-28-29-21(36-18)13-7-8-16(25)17(26)9-13/h7-9,14-15H,3-6,10-12H2,1-2H3. The average molecular weight is 530 g/mol. The Labute approximate surface area is 216 Å². The van der Waals surface area contributed by atoms with Crippen LogP contribution in [0.5, 0.6) is 0 Å². The molecular weight excluding hydrogens is 505 g/mol. The van der Waals surface area contributed by atoms with Crippen LogP contribution in [0.1, 0.15) is 31.6 Å². The number of hydrogen-bond acceptors (Lipinski definition) is 7. The number of imidazole rings is 1. The predicted molar refractivity (Wildman–Crippen MR) is 137 cm³/mol. The second-order valence-corrected chi connectivity index (χ2v) is 10.5. The maximum Gasteiger partial charge on any atom is 0.332 e. The second kappa shape index (κ2) is 8.77. The molecular formula is C24H25Cl2N7O3. The van der Waals surface area contributed by atoms with Crippen molar-refractivity contribution < 1.29 is 4.42 Å². The van der Waals surface area contributed by atoms with Crippen LogP contribution < -0.4 is 16.1 Å². The van der Waals surface area contributed by atoms with Crippen molar-refractivity contribution in [2.45, 2.75) is 32.2 Å². The van der Waals surface area contributed by atoms with E-state index < -0.39 is 11.2 Å². The van der Waals surface area contributed by atoms with Crippen molar-refractivity contribution in [1.82, 2.24) is 28.9 Å². The highest BCUT2D eigenvalue weighted by molar-refractivity contribution is 6.42. The third-order valence-electron chi connectivity index (χ3n) is 7.51. The number of nitrogens with zero attached hydrogens (tertiary/aromatic N) is 7. The monoisotopic (exact) mass is 529 g/mol. The number of aromatic nitrogens is 6. The summed E-state index contributed by atoms with van der Waals surface area (Å²) in [4.78, 5) is 32.9. The highest BCUT2D eigenvalue weighted by Gasteiger charge is 2.37.